The largest absolute Gasteiger partial charge is 0.118 e. The van der Waals surface area contributed by atoms with Crippen LogP contribution in [0.3, 0.4) is 0 Å². The van der Waals surface area contributed by atoms with Gasteiger partial charge in [0.2, 0.25) is 0 Å². The first-order chi connectivity index (χ1) is 7.24. The summed E-state index contributed by atoms with van der Waals surface area (Å²) in [7, 11) is 0. The standard InChI is InChI=1S/C14H16S/c1-9-3-5-13-11(7-9)12-8-10(2)4-6-14(12)15-13/h3-7,10-11,13H,8H2,1-2H3/t10-,11?,13?/m0/s1. The summed E-state index contributed by atoms with van der Waals surface area (Å²) < 4.78 is 0. The lowest BCUT2D eigenvalue weighted by Crippen LogP contribution is -2.15. The Labute approximate surface area is 95.8 Å². The minimum absolute atomic E-state index is 0.675. The highest BCUT2D eigenvalue weighted by Crippen LogP contribution is 2.49. The van der Waals surface area contributed by atoms with Crippen LogP contribution in [0.2, 0.25) is 0 Å². The Morgan fingerprint density at radius 1 is 1.27 bits per heavy atom. The van der Waals surface area contributed by atoms with Crippen LogP contribution in [-0.2, 0) is 0 Å². The molecule has 1 heterocycles. The van der Waals surface area contributed by atoms with Gasteiger partial charge in [-0.1, -0.05) is 42.9 Å². The third-order valence-electron chi connectivity index (χ3n) is 3.45. The molecule has 0 aromatic heterocycles. The van der Waals surface area contributed by atoms with Gasteiger partial charge in [-0.3, -0.25) is 0 Å². The highest BCUT2D eigenvalue weighted by Gasteiger charge is 2.34. The van der Waals surface area contributed by atoms with Crippen molar-refractivity contribution in [3.05, 3.63) is 46.4 Å². The van der Waals surface area contributed by atoms with Crippen molar-refractivity contribution in [2.24, 2.45) is 11.8 Å². The van der Waals surface area contributed by atoms with Crippen LogP contribution in [0.25, 0.3) is 0 Å². The maximum Gasteiger partial charge on any atom is 0.0378 e. The van der Waals surface area contributed by atoms with Crippen molar-refractivity contribution in [2.45, 2.75) is 25.5 Å². The Morgan fingerprint density at radius 3 is 3.00 bits per heavy atom. The Hall–Kier alpha value is -0.690. The van der Waals surface area contributed by atoms with Crippen molar-refractivity contribution < 1.29 is 0 Å². The van der Waals surface area contributed by atoms with E-state index in [1.165, 1.54) is 12.0 Å². The monoisotopic (exact) mass is 216 g/mol. The molecule has 0 N–H and O–H groups in total. The van der Waals surface area contributed by atoms with Gasteiger partial charge in [0.1, 0.15) is 0 Å². The van der Waals surface area contributed by atoms with E-state index in [1.807, 2.05) is 11.8 Å². The lowest BCUT2D eigenvalue weighted by Gasteiger charge is -2.22. The highest BCUT2D eigenvalue weighted by molar-refractivity contribution is 8.04. The summed E-state index contributed by atoms with van der Waals surface area (Å²) in [6, 6.07) is 0. The molecule has 78 valence electrons. The molecule has 0 amide bonds. The van der Waals surface area contributed by atoms with Crippen molar-refractivity contribution in [1.82, 2.24) is 0 Å². The first-order valence-electron chi connectivity index (χ1n) is 5.68. The molecule has 3 rings (SSSR count). The fourth-order valence-electron chi connectivity index (χ4n) is 2.65. The van der Waals surface area contributed by atoms with Crippen molar-refractivity contribution >= 4 is 11.8 Å². The number of allylic oxidation sites excluding steroid dienone is 6. The summed E-state index contributed by atoms with van der Waals surface area (Å²) in [5, 5.41) is 0.675. The van der Waals surface area contributed by atoms with Crippen LogP contribution in [0.15, 0.2) is 46.4 Å². The summed E-state index contributed by atoms with van der Waals surface area (Å²) in [4.78, 5) is 1.54. The summed E-state index contributed by atoms with van der Waals surface area (Å²) in [5.41, 5.74) is 3.11. The SMILES string of the molecule is CC1=CC2C3=C(C=C[C@H](C)C3)SC2C=C1. The van der Waals surface area contributed by atoms with E-state index in [0.717, 1.165) is 5.92 Å². The molecule has 0 saturated carbocycles. The van der Waals surface area contributed by atoms with E-state index in [4.69, 9.17) is 0 Å². The van der Waals surface area contributed by atoms with Gasteiger partial charge in [0, 0.05) is 16.1 Å². The topological polar surface area (TPSA) is 0 Å². The molecule has 3 aliphatic rings. The third-order valence-corrected chi connectivity index (χ3v) is 4.82. The fourth-order valence-corrected chi connectivity index (χ4v) is 4.02. The van der Waals surface area contributed by atoms with E-state index in [9.17, 15) is 0 Å². The van der Waals surface area contributed by atoms with Gasteiger partial charge in [0.25, 0.3) is 0 Å². The van der Waals surface area contributed by atoms with Gasteiger partial charge in [0.05, 0.1) is 0 Å². The van der Waals surface area contributed by atoms with Gasteiger partial charge in [-0.15, -0.1) is 11.8 Å². The van der Waals surface area contributed by atoms with Crippen LogP contribution in [-0.4, -0.2) is 5.25 Å². The Kier molecular flexibility index (Phi) is 2.17. The summed E-state index contributed by atoms with van der Waals surface area (Å²) >= 11 is 2.04. The van der Waals surface area contributed by atoms with E-state index in [1.54, 1.807) is 10.5 Å². The second-order valence-electron chi connectivity index (χ2n) is 4.81. The lowest BCUT2D eigenvalue weighted by atomic mass is 9.83. The van der Waals surface area contributed by atoms with Crippen LogP contribution >= 0.6 is 11.8 Å². The molecular weight excluding hydrogens is 200 g/mol. The van der Waals surface area contributed by atoms with Crippen LogP contribution in [0.1, 0.15) is 20.3 Å². The van der Waals surface area contributed by atoms with E-state index >= 15 is 0 Å². The highest BCUT2D eigenvalue weighted by atomic mass is 32.2. The molecule has 0 radical (unpaired) electrons. The van der Waals surface area contributed by atoms with Crippen LogP contribution < -0.4 is 0 Å². The number of rotatable bonds is 0. The number of hydrogen-bond acceptors (Lipinski definition) is 1. The first-order valence-corrected chi connectivity index (χ1v) is 6.56. The van der Waals surface area contributed by atoms with Crippen molar-refractivity contribution in [3.63, 3.8) is 0 Å². The summed E-state index contributed by atoms with van der Waals surface area (Å²) in [5.74, 6) is 1.41. The van der Waals surface area contributed by atoms with E-state index in [0.29, 0.717) is 11.2 Å². The van der Waals surface area contributed by atoms with E-state index in [-0.39, 0.29) is 0 Å². The molecule has 0 aromatic rings. The molecule has 0 fully saturated rings. The van der Waals surface area contributed by atoms with Crippen molar-refractivity contribution in [1.29, 1.82) is 0 Å². The first kappa shape index (κ1) is 9.53. The minimum Gasteiger partial charge on any atom is -0.118 e. The number of thioether (sulfide) groups is 1. The molecule has 2 unspecified atom stereocenters. The molecule has 0 bridgehead atoms. The molecule has 1 heteroatoms. The normalized spacial score (nSPS) is 37.7. The average molecular weight is 216 g/mol. The lowest BCUT2D eigenvalue weighted by molar-refractivity contribution is 0.637. The molecule has 15 heavy (non-hydrogen) atoms. The summed E-state index contributed by atoms with van der Waals surface area (Å²) in [6.45, 7) is 4.52. The van der Waals surface area contributed by atoms with Gasteiger partial charge in [0.15, 0.2) is 0 Å². The van der Waals surface area contributed by atoms with Gasteiger partial charge in [-0.25, -0.2) is 0 Å². The molecule has 0 saturated heterocycles. The van der Waals surface area contributed by atoms with Crippen molar-refractivity contribution in [3.8, 4) is 0 Å². The Bertz CT molecular complexity index is 409. The Morgan fingerprint density at radius 2 is 2.13 bits per heavy atom. The van der Waals surface area contributed by atoms with Crippen LogP contribution in [0, 0.1) is 11.8 Å². The molecule has 2 aliphatic carbocycles. The smallest absolute Gasteiger partial charge is 0.0378 e. The number of hydrogen-bond donors (Lipinski definition) is 0. The second kappa shape index (κ2) is 3.41. The van der Waals surface area contributed by atoms with E-state index < -0.39 is 0 Å². The molecule has 3 atom stereocenters. The zero-order chi connectivity index (χ0) is 10.4. The average Bonchev–Trinajstić information content (AvgIpc) is 2.56. The molecule has 0 nitrogen and oxygen atoms in total. The predicted molar refractivity (Wildman–Crippen MR) is 67.7 cm³/mol. The zero-order valence-electron chi connectivity index (χ0n) is 9.23. The Balaban J connectivity index is 1.97. The van der Waals surface area contributed by atoms with Crippen molar-refractivity contribution in [2.75, 3.05) is 0 Å². The summed E-state index contributed by atoms with van der Waals surface area (Å²) in [6.07, 6.45) is 13.0. The quantitative estimate of drug-likeness (QED) is 0.588. The maximum absolute atomic E-state index is 2.45. The molecule has 0 aromatic carbocycles. The molecule has 1 aliphatic heterocycles. The fraction of sp³-hybridized carbons (Fsp3) is 0.429. The van der Waals surface area contributed by atoms with E-state index in [2.05, 4.69) is 44.2 Å². The maximum atomic E-state index is 2.45. The number of fused-ring (bicyclic) bond motifs is 2. The third kappa shape index (κ3) is 1.53. The van der Waals surface area contributed by atoms with Crippen LogP contribution in [0.4, 0.5) is 0 Å². The predicted octanol–water partition coefficient (Wildman–Crippen LogP) is 4.08. The minimum atomic E-state index is 0.675. The molecule has 0 spiro atoms. The second-order valence-corrected chi connectivity index (χ2v) is 6.03. The zero-order valence-corrected chi connectivity index (χ0v) is 10.1. The van der Waals surface area contributed by atoms with Gasteiger partial charge < -0.3 is 0 Å². The van der Waals surface area contributed by atoms with Gasteiger partial charge in [-0.05, 0) is 24.8 Å². The van der Waals surface area contributed by atoms with Gasteiger partial charge >= 0.3 is 0 Å². The molecular formula is C14H16S. The van der Waals surface area contributed by atoms with Gasteiger partial charge in [-0.2, -0.15) is 0 Å². The van der Waals surface area contributed by atoms with Crippen LogP contribution in [0.5, 0.6) is 0 Å².